The number of hydrogen-bond donors (Lipinski definition) is 1. The van der Waals surface area contributed by atoms with Crippen molar-refractivity contribution >= 4 is 27.5 Å². The van der Waals surface area contributed by atoms with Crippen molar-refractivity contribution in [2.24, 2.45) is 0 Å². The van der Waals surface area contributed by atoms with Crippen LogP contribution >= 0.6 is 27.5 Å². The average molecular weight is 327 g/mol. The van der Waals surface area contributed by atoms with Gasteiger partial charge in [0.1, 0.15) is 0 Å². The summed E-state index contributed by atoms with van der Waals surface area (Å²) >= 11 is 9.27. The largest absolute Gasteiger partial charge is 0.388 e. The first-order chi connectivity index (χ1) is 8.56. The molecule has 1 heterocycles. The van der Waals surface area contributed by atoms with Gasteiger partial charge in [-0.1, -0.05) is 23.7 Å². The van der Waals surface area contributed by atoms with E-state index in [0.717, 1.165) is 21.3 Å². The van der Waals surface area contributed by atoms with Gasteiger partial charge in [0.05, 0.1) is 11.1 Å². The molecule has 2 nitrogen and oxygen atoms in total. The Morgan fingerprint density at radius 3 is 2.72 bits per heavy atom. The molecule has 1 unspecified atom stereocenters. The van der Waals surface area contributed by atoms with Crippen LogP contribution in [0.3, 0.4) is 0 Å². The second-order valence-electron chi connectivity index (χ2n) is 4.22. The molecule has 0 saturated heterocycles. The van der Waals surface area contributed by atoms with E-state index in [-0.39, 0.29) is 0 Å². The van der Waals surface area contributed by atoms with Crippen LogP contribution in [0.25, 0.3) is 0 Å². The lowest BCUT2D eigenvalue weighted by atomic mass is 10.0. The van der Waals surface area contributed by atoms with Crippen molar-refractivity contribution in [2.45, 2.75) is 19.4 Å². The monoisotopic (exact) mass is 325 g/mol. The Kier molecular flexibility index (Phi) is 4.38. The minimum atomic E-state index is -0.575. The molecule has 94 valence electrons. The Morgan fingerprint density at radius 1 is 1.33 bits per heavy atom. The fourth-order valence-electron chi connectivity index (χ4n) is 1.65. The number of pyridine rings is 1. The summed E-state index contributed by atoms with van der Waals surface area (Å²) in [7, 11) is 0. The number of rotatable bonds is 3. The Balaban J connectivity index is 2.13. The van der Waals surface area contributed by atoms with Gasteiger partial charge in [-0.15, -0.1) is 0 Å². The van der Waals surface area contributed by atoms with Crippen LogP contribution in [0.5, 0.6) is 0 Å². The maximum absolute atomic E-state index is 10.2. The quantitative estimate of drug-likeness (QED) is 0.922. The van der Waals surface area contributed by atoms with E-state index >= 15 is 0 Å². The molecule has 1 atom stereocenters. The first kappa shape index (κ1) is 13.5. The van der Waals surface area contributed by atoms with E-state index in [1.807, 2.05) is 31.2 Å². The predicted octanol–water partition coefficient (Wildman–Crippen LogP) is 4.08. The van der Waals surface area contributed by atoms with Gasteiger partial charge in [-0.2, -0.15) is 0 Å². The first-order valence-electron chi connectivity index (χ1n) is 5.61. The molecule has 0 spiro atoms. The second-order valence-corrected chi connectivity index (χ2v) is 5.48. The van der Waals surface area contributed by atoms with E-state index in [0.29, 0.717) is 11.4 Å². The molecule has 2 rings (SSSR count). The van der Waals surface area contributed by atoms with Gasteiger partial charge in [-0.3, -0.25) is 4.98 Å². The highest BCUT2D eigenvalue weighted by Gasteiger charge is 2.10. The Morgan fingerprint density at radius 2 is 2.11 bits per heavy atom. The van der Waals surface area contributed by atoms with E-state index in [4.69, 9.17) is 11.6 Å². The summed E-state index contributed by atoms with van der Waals surface area (Å²) in [6, 6.07) is 9.36. The standard InChI is InChI=1S/C14H13BrClNO/c1-9-2-4-11(17-8-9)7-14(18)10-3-5-13(16)12(15)6-10/h2-6,8,14,18H,7H2,1H3. The molecule has 0 saturated carbocycles. The predicted molar refractivity (Wildman–Crippen MR) is 76.8 cm³/mol. The van der Waals surface area contributed by atoms with Crippen LogP contribution in [0.2, 0.25) is 5.02 Å². The summed E-state index contributed by atoms with van der Waals surface area (Å²) in [5, 5.41) is 10.8. The number of hydrogen-bond acceptors (Lipinski definition) is 2. The van der Waals surface area contributed by atoms with Crippen molar-refractivity contribution < 1.29 is 5.11 Å². The molecule has 18 heavy (non-hydrogen) atoms. The molecule has 1 N–H and O–H groups in total. The van der Waals surface area contributed by atoms with E-state index < -0.39 is 6.10 Å². The van der Waals surface area contributed by atoms with E-state index in [9.17, 15) is 5.11 Å². The van der Waals surface area contributed by atoms with E-state index in [2.05, 4.69) is 20.9 Å². The molecule has 0 fully saturated rings. The molecule has 0 radical (unpaired) electrons. The van der Waals surface area contributed by atoms with Crippen LogP contribution in [-0.2, 0) is 6.42 Å². The zero-order valence-electron chi connectivity index (χ0n) is 9.90. The van der Waals surface area contributed by atoms with Crippen LogP contribution in [0, 0.1) is 6.92 Å². The maximum atomic E-state index is 10.2. The summed E-state index contributed by atoms with van der Waals surface area (Å²) in [6.45, 7) is 1.99. The van der Waals surface area contributed by atoms with Gasteiger partial charge in [-0.05, 0) is 52.2 Å². The minimum absolute atomic E-state index is 0.494. The lowest BCUT2D eigenvalue weighted by Gasteiger charge is -2.11. The molecule has 0 aliphatic heterocycles. The third kappa shape index (κ3) is 3.31. The number of aliphatic hydroxyl groups is 1. The van der Waals surface area contributed by atoms with Crippen molar-refractivity contribution in [3.05, 3.63) is 62.8 Å². The lowest BCUT2D eigenvalue weighted by molar-refractivity contribution is 0.177. The molecule has 0 aliphatic rings. The van der Waals surface area contributed by atoms with Gasteiger partial charge in [0.15, 0.2) is 0 Å². The Hall–Kier alpha value is -0.900. The molecule has 0 aliphatic carbocycles. The number of aryl methyl sites for hydroxylation is 1. The van der Waals surface area contributed by atoms with Gasteiger partial charge < -0.3 is 5.11 Å². The molecular formula is C14H13BrClNO. The summed E-state index contributed by atoms with van der Waals surface area (Å²) in [6.07, 6.45) is 1.72. The molecule has 0 bridgehead atoms. The van der Waals surface area contributed by atoms with Crippen LogP contribution < -0.4 is 0 Å². The summed E-state index contributed by atoms with van der Waals surface area (Å²) in [5.74, 6) is 0. The molecule has 1 aromatic carbocycles. The van der Waals surface area contributed by atoms with Gasteiger partial charge >= 0.3 is 0 Å². The van der Waals surface area contributed by atoms with Crippen LogP contribution in [0.4, 0.5) is 0 Å². The minimum Gasteiger partial charge on any atom is -0.388 e. The first-order valence-corrected chi connectivity index (χ1v) is 6.78. The van der Waals surface area contributed by atoms with E-state index in [1.165, 1.54) is 0 Å². The zero-order valence-corrected chi connectivity index (χ0v) is 12.2. The SMILES string of the molecule is Cc1ccc(CC(O)c2ccc(Cl)c(Br)c2)nc1. The van der Waals surface area contributed by atoms with Crippen molar-refractivity contribution in [3.63, 3.8) is 0 Å². The Bertz CT molecular complexity index is 542. The fraction of sp³-hybridized carbons (Fsp3) is 0.214. The number of aromatic nitrogens is 1. The molecular weight excluding hydrogens is 314 g/mol. The molecule has 0 amide bonds. The third-order valence-electron chi connectivity index (χ3n) is 2.70. The second kappa shape index (κ2) is 5.83. The average Bonchev–Trinajstić information content (AvgIpc) is 2.35. The summed E-state index contributed by atoms with van der Waals surface area (Å²) in [5.41, 5.74) is 2.82. The summed E-state index contributed by atoms with van der Waals surface area (Å²) in [4.78, 5) is 4.29. The van der Waals surface area contributed by atoms with Gasteiger partial charge in [0.2, 0.25) is 0 Å². The third-order valence-corrected chi connectivity index (χ3v) is 3.92. The van der Waals surface area contributed by atoms with Gasteiger partial charge in [0.25, 0.3) is 0 Å². The molecule has 1 aromatic heterocycles. The fourth-order valence-corrected chi connectivity index (χ4v) is 2.17. The maximum Gasteiger partial charge on any atom is 0.0845 e. The normalized spacial score (nSPS) is 12.4. The summed E-state index contributed by atoms with van der Waals surface area (Å²) < 4.78 is 0.789. The number of aliphatic hydroxyl groups excluding tert-OH is 1. The molecule has 4 heteroatoms. The molecule has 2 aromatic rings. The smallest absolute Gasteiger partial charge is 0.0845 e. The zero-order chi connectivity index (χ0) is 13.1. The van der Waals surface area contributed by atoms with Crippen molar-refractivity contribution in [3.8, 4) is 0 Å². The van der Waals surface area contributed by atoms with E-state index in [1.54, 1.807) is 12.3 Å². The van der Waals surface area contributed by atoms with Gasteiger partial charge in [0, 0.05) is 22.8 Å². The topological polar surface area (TPSA) is 33.1 Å². The van der Waals surface area contributed by atoms with Crippen LogP contribution in [0.1, 0.15) is 22.9 Å². The van der Waals surface area contributed by atoms with Crippen LogP contribution in [-0.4, -0.2) is 10.1 Å². The van der Waals surface area contributed by atoms with Crippen molar-refractivity contribution in [2.75, 3.05) is 0 Å². The number of benzene rings is 1. The van der Waals surface area contributed by atoms with Crippen molar-refractivity contribution in [1.82, 2.24) is 4.98 Å². The van der Waals surface area contributed by atoms with Crippen molar-refractivity contribution in [1.29, 1.82) is 0 Å². The highest BCUT2D eigenvalue weighted by molar-refractivity contribution is 9.10. The van der Waals surface area contributed by atoms with Gasteiger partial charge in [-0.25, -0.2) is 0 Å². The highest BCUT2D eigenvalue weighted by Crippen LogP contribution is 2.27. The number of nitrogens with zero attached hydrogens (tertiary/aromatic N) is 1. The highest BCUT2D eigenvalue weighted by atomic mass is 79.9. The Labute approximate surface area is 120 Å². The lowest BCUT2D eigenvalue weighted by Crippen LogP contribution is -2.03. The number of halogens is 2. The van der Waals surface area contributed by atoms with Crippen LogP contribution in [0.15, 0.2) is 41.0 Å².